The van der Waals surface area contributed by atoms with Gasteiger partial charge >= 0.3 is 6.18 Å². The number of hydrogen-bond donors (Lipinski definition) is 1. The summed E-state index contributed by atoms with van der Waals surface area (Å²) in [4.78, 5) is 13.9. The summed E-state index contributed by atoms with van der Waals surface area (Å²) < 4.78 is 44.2. The SMILES string of the molecule is O=C(c1cc(Cl)c(O)c(Cl)c1)N1CCOc2ccc(C(F)(F)F)cc21. The Morgan fingerprint density at radius 2 is 1.80 bits per heavy atom. The number of fused-ring (bicyclic) bond motifs is 1. The summed E-state index contributed by atoms with van der Waals surface area (Å²) in [5.74, 6) is -0.808. The van der Waals surface area contributed by atoms with Crippen molar-refractivity contribution in [3.63, 3.8) is 0 Å². The summed E-state index contributed by atoms with van der Waals surface area (Å²) in [6.45, 7) is 0.187. The maximum Gasteiger partial charge on any atom is 0.416 e. The summed E-state index contributed by atoms with van der Waals surface area (Å²) in [6.07, 6.45) is -4.55. The van der Waals surface area contributed by atoms with Crippen molar-refractivity contribution in [3.8, 4) is 11.5 Å². The molecular formula is C16H10Cl2F3NO3. The first-order chi connectivity index (χ1) is 11.7. The summed E-state index contributed by atoms with van der Waals surface area (Å²) >= 11 is 11.6. The Bertz CT molecular complexity index is 832. The number of alkyl halides is 3. The van der Waals surface area contributed by atoms with Gasteiger partial charge in [0.25, 0.3) is 5.91 Å². The Balaban J connectivity index is 2.04. The van der Waals surface area contributed by atoms with Gasteiger partial charge in [-0.3, -0.25) is 4.79 Å². The predicted octanol–water partition coefficient (Wildman–Crippen LogP) is 4.76. The molecule has 0 atom stereocenters. The van der Waals surface area contributed by atoms with Crippen molar-refractivity contribution >= 4 is 34.8 Å². The number of phenolic OH excluding ortho intramolecular Hbond substituents is 1. The number of ether oxygens (including phenoxy) is 1. The lowest BCUT2D eigenvalue weighted by Crippen LogP contribution is -2.38. The molecule has 3 rings (SSSR count). The minimum atomic E-state index is -4.55. The first-order valence-electron chi connectivity index (χ1n) is 7.02. The summed E-state index contributed by atoms with van der Waals surface area (Å²) in [5.41, 5.74) is -0.847. The summed E-state index contributed by atoms with van der Waals surface area (Å²) in [7, 11) is 0. The van der Waals surface area contributed by atoms with E-state index in [0.29, 0.717) is 0 Å². The molecule has 0 radical (unpaired) electrons. The van der Waals surface area contributed by atoms with Gasteiger partial charge in [0.05, 0.1) is 27.8 Å². The number of hydrogen-bond acceptors (Lipinski definition) is 3. The van der Waals surface area contributed by atoms with Crippen molar-refractivity contribution in [2.24, 2.45) is 0 Å². The smallest absolute Gasteiger partial charge is 0.416 e. The van der Waals surface area contributed by atoms with Gasteiger partial charge in [0.2, 0.25) is 0 Å². The van der Waals surface area contributed by atoms with Crippen LogP contribution in [0.15, 0.2) is 30.3 Å². The molecule has 0 aliphatic carbocycles. The topological polar surface area (TPSA) is 49.8 Å². The molecule has 2 aromatic carbocycles. The molecule has 4 nitrogen and oxygen atoms in total. The van der Waals surface area contributed by atoms with E-state index in [1.54, 1.807) is 0 Å². The maximum atomic E-state index is 13.0. The Morgan fingerprint density at radius 3 is 2.40 bits per heavy atom. The number of halogens is 5. The number of benzene rings is 2. The van der Waals surface area contributed by atoms with Crippen LogP contribution in [0, 0.1) is 0 Å². The highest BCUT2D eigenvalue weighted by Crippen LogP contribution is 2.39. The van der Waals surface area contributed by atoms with Crippen LogP contribution in [-0.4, -0.2) is 24.2 Å². The third-order valence-electron chi connectivity index (χ3n) is 3.66. The zero-order valence-corrected chi connectivity index (χ0v) is 13.9. The first-order valence-corrected chi connectivity index (χ1v) is 7.78. The second kappa shape index (κ2) is 6.31. The fourth-order valence-corrected chi connectivity index (χ4v) is 2.94. The van der Waals surface area contributed by atoms with Gasteiger partial charge in [0, 0.05) is 5.56 Å². The molecule has 0 bridgehead atoms. The van der Waals surface area contributed by atoms with Gasteiger partial charge in [-0.1, -0.05) is 23.2 Å². The molecule has 9 heteroatoms. The zero-order valence-electron chi connectivity index (χ0n) is 12.4. The lowest BCUT2D eigenvalue weighted by Gasteiger charge is -2.30. The molecule has 0 fully saturated rings. The highest BCUT2D eigenvalue weighted by atomic mass is 35.5. The van der Waals surface area contributed by atoms with Crippen LogP contribution >= 0.6 is 23.2 Å². The number of carbonyl (C=O) groups excluding carboxylic acids is 1. The van der Waals surface area contributed by atoms with Crippen LogP contribution < -0.4 is 9.64 Å². The molecule has 1 aliphatic rings. The molecule has 1 heterocycles. The van der Waals surface area contributed by atoms with E-state index >= 15 is 0 Å². The Kier molecular flexibility index (Phi) is 4.47. The number of rotatable bonds is 1. The molecule has 0 saturated carbocycles. The molecule has 132 valence electrons. The quantitative estimate of drug-likeness (QED) is 0.762. The largest absolute Gasteiger partial charge is 0.505 e. The van der Waals surface area contributed by atoms with Crippen molar-refractivity contribution in [1.82, 2.24) is 0 Å². The Hall–Kier alpha value is -2.12. The molecule has 0 unspecified atom stereocenters. The van der Waals surface area contributed by atoms with E-state index in [0.717, 1.165) is 17.0 Å². The minimum Gasteiger partial charge on any atom is -0.505 e. The number of nitrogens with zero attached hydrogens (tertiary/aromatic N) is 1. The molecule has 1 aliphatic heterocycles. The molecular weight excluding hydrogens is 382 g/mol. The van der Waals surface area contributed by atoms with E-state index in [1.807, 2.05) is 0 Å². The normalized spacial score (nSPS) is 14.0. The Morgan fingerprint density at radius 1 is 1.16 bits per heavy atom. The van der Waals surface area contributed by atoms with E-state index in [2.05, 4.69) is 0 Å². The fourth-order valence-electron chi connectivity index (χ4n) is 2.45. The van der Waals surface area contributed by atoms with Crippen molar-refractivity contribution in [1.29, 1.82) is 0 Å². The lowest BCUT2D eigenvalue weighted by atomic mass is 10.1. The van der Waals surface area contributed by atoms with Crippen LogP contribution in [0.5, 0.6) is 11.5 Å². The third kappa shape index (κ3) is 3.34. The fraction of sp³-hybridized carbons (Fsp3) is 0.188. The van der Waals surface area contributed by atoms with Gasteiger partial charge in [0.1, 0.15) is 12.4 Å². The van der Waals surface area contributed by atoms with Crippen molar-refractivity contribution in [2.75, 3.05) is 18.1 Å². The second-order valence-corrected chi connectivity index (χ2v) is 6.09. The van der Waals surface area contributed by atoms with E-state index in [-0.39, 0.29) is 45.9 Å². The average Bonchev–Trinajstić information content (AvgIpc) is 2.56. The molecule has 0 aromatic heterocycles. The number of amides is 1. The second-order valence-electron chi connectivity index (χ2n) is 5.27. The predicted molar refractivity (Wildman–Crippen MR) is 86.7 cm³/mol. The number of aromatic hydroxyl groups is 1. The Labute approximate surface area is 150 Å². The van der Waals surface area contributed by atoms with Crippen LogP contribution in [0.25, 0.3) is 0 Å². The zero-order chi connectivity index (χ0) is 18.4. The molecule has 2 aromatic rings. The van der Waals surface area contributed by atoms with Gasteiger partial charge in [-0.15, -0.1) is 0 Å². The third-order valence-corrected chi connectivity index (χ3v) is 4.23. The van der Waals surface area contributed by atoms with Crippen molar-refractivity contribution < 1.29 is 27.8 Å². The van der Waals surface area contributed by atoms with Gasteiger partial charge in [-0.2, -0.15) is 13.2 Å². The van der Waals surface area contributed by atoms with Crippen LogP contribution in [0.2, 0.25) is 10.0 Å². The molecule has 0 spiro atoms. The van der Waals surface area contributed by atoms with Gasteiger partial charge in [0.15, 0.2) is 5.75 Å². The minimum absolute atomic E-state index is 0.00592. The van der Waals surface area contributed by atoms with Crippen molar-refractivity contribution in [3.05, 3.63) is 51.5 Å². The van der Waals surface area contributed by atoms with Crippen molar-refractivity contribution in [2.45, 2.75) is 6.18 Å². The monoisotopic (exact) mass is 391 g/mol. The molecule has 1 amide bonds. The highest BCUT2D eigenvalue weighted by Gasteiger charge is 2.34. The van der Waals surface area contributed by atoms with Crippen LogP contribution in [0.1, 0.15) is 15.9 Å². The number of carbonyl (C=O) groups is 1. The standard InChI is InChI=1S/C16H10Cl2F3NO3/c17-10-5-8(6-11(18)14(10)23)15(24)22-3-4-25-13-2-1-9(7-12(13)22)16(19,20)21/h1-2,5-7,23H,3-4H2. The van der Waals surface area contributed by atoms with E-state index in [1.165, 1.54) is 18.2 Å². The first kappa shape index (κ1) is 17.7. The average molecular weight is 392 g/mol. The van der Waals surface area contributed by atoms with E-state index in [9.17, 15) is 23.1 Å². The molecule has 1 N–H and O–H groups in total. The number of phenols is 1. The maximum absolute atomic E-state index is 13.0. The number of anilines is 1. The molecule has 25 heavy (non-hydrogen) atoms. The van der Waals surface area contributed by atoms with Crippen LogP contribution in [-0.2, 0) is 6.18 Å². The van der Waals surface area contributed by atoms with Gasteiger partial charge in [-0.25, -0.2) is 0 Å². The molecule has 0 saturated heterocycles. The van der Waals surface area contributed by atoms with E-state index in [4.69, 9.17) is 27.9 Å². The summed E-state index contributed by atoms with van der Waals surface area (Å²) in [5, 5.41) is 9.31. The van der Waals surface area contributed by atoms with Crippen LogP contribution in [0.3, 0.4) is 0 Å². The van der Waals surface area contributed by atoms with E-state index < -0.39 is 17.6 Å². The van der Waals surface area contributed by atoms with Gasteiger partial charge in [-0.05, 0) is 30.3 Å². The van der Waals surface area contributed by atoms with Crippen LogP contribution in [0.4, 0.5) is 18.9 Å². The highest BCUT2D eigenvalue weighted by molar-refractivity contribution is 6.37. The summed E-state index contributed by atoms with van der Waals surface area (Å²) in [6, 6.07) is 5.33. The lowest BCUT2D eigenvalue weighted by molar-refractivity contribution is -0.137. The van der Waals surface area contributed by atoms with Gasteiger partial charge < -0.3 is 14.7 Å².